The molecule has 0 N–H and O–H groups in total. The second kappa shape index (κ2) is 6.02. The highest BCUT2D eigenvalue weighted by atomic mass is 79.9. The van der Waals surface area contributed by atoms with Crippen molar-refractivity contribution in [2.75, 3.05) is 0 Å². The van der Waals surface area contributed by atoms with E-state index in [0.717, 1.165) is 15.6 Å². The molecule has 0 aliphatic carbocycles. The summed E-state index contributed by atoms with van der Waals surface area (Å²) in [4.78, 5) is 0. The van der Waals surface area contributed by atoms with Crippen LogP contribution >= 0.6 is 27.5 Å². The Morgan fingerprint density at radius 2 is 1.68 bits per heavy atom. The molecule has 0 radical (unpaired) electrons. The molecule has 0 aliphatic heterocycles. The molecule has 0 saturated heterocycles. The average Bonchev–Trinajstić information content (AvgIpc) is 2.37. The van der Waals surface area contributed by atoms with Crippen molar-refractivity contribution in [3.63, 3.8) is 0 Å². The molecule has 1 unspecified atom stereocenters. The van der Waals surface area contributed by atoms with Crippen LogP contribution in [0, 0.1) is 18.6 Å². The largest absolute Gasteiger partial charge is 0.207 e. The Morgan fingerprint density at radius 3 is 2.32 bits per heavy atom. The molecule has 0 nitrogen and oxygen atoms in total. The molecule has 1 atom stereocenters. The van der Waals surface area contributed by atoms with Gasteiger partial charge in [-0.1, -0.05) is 34.1 Å². The van der Waals surface area contributed by atoms with Crippen LogP contribution in [-0.2, 0) is 6.42 Å². The second-order valence-corrected chi connectivity index (χ2v) is 5.71. The number of benzene rings is 2. The minimum Gasteiger partial charge on any atom is -0.207 e. The molecule has 0 heterocycles. The summed E-state index contributed by atoms with van der Waals surface area (Å²) in [6, 6.07) is 9.48. The van der Waals surface area contributed by atoms with Crippen LogP contribution in [0.3, 0.4) is 0 Å². The molecule has 0 aromatic heterocycles. The van der Waals surface area contributed by atoms with Gasteiger partial charge in [-0.3, -0.25) is 0 Å². The molecule has 0 bridgehead atoms. The van der Waals surface area contributed by atoms with Crippen LogP contribution < -0.4 is 0 Å². The molecule has 2 aromatic rings. The van der Waals surface area contributed by atoms with E-state index in [4.69, 9.17) is 11.6 Å². The zero-order chi connectivity index (χ0) is 14.0. The Kier molecular flexibility index (Phi) is 4.58. The molecule has 4 heteroatoms. The number of rotatable bonds is 3. The van der Waals surface area contributed by atoms with E-state index in [-0.39, 0.29) is 12.0 Å². The summed E-state index contributed by atoms with van der Waals surface area (Å²) in [6.07, 6.45) is 0.122. The smallest absolute Gasteiger partial charge is 0.129 e. The SMILES string of the molecule is Cc1c(Br)cccc1C(Cl)Cc1c(F)cccc1F. The predicted octanol–water partition coefficient (Wildman–Crippen LogP) is 5.56. The van der Waals surface area contributed by atoms with E-state index in [1.807, 2.05) is 25.1 Å². The van der Waals surface area contributed by atoms with Crippen LogP contribution in [0.4, 0.5) is 8.78 Å². The standard InChI is InChI=1S/C15H12BrClF2/c1-9-10(4-2-5-12(9)16)13(17)8-11-14(18)6-3-7-15(11)19/h2-7,13H,8H2,1H3. The van der Waals surface area contributed by atoms with E-state index >= 15 is 0 Å². The quantitative estimate of drug-likeness (QED) is 0.639. The summed E-state index contributed by atoms with van der Waals surface area (Å²) in [5.74, 6) is -1.11. The fourth-order valence-electron chi connectivity index (χ4n) is 1.98. The van der Waals surface area contributed by atoms with Crippen LogP contribution in [0.15, 0.2) is 40.9 Å². The van der Waals surface area contributed by atoms with Gasteiger partial charge in [-0.2, -0.15) is 0 Å². The minimum absolute atomic E-state index is 0.0295. The molecule has 100 valence electrons. The van der Waals surface area contributed by atoms with Gasteiger partial charge in [0, 0.05) is 10.0 Å². The van der Waals surface area contributed by atoms with Crippen LogP contribution in [0.25, 0.3) is 0 Å². The van der Waals surface area contributed by atoms with Crippen LogP contribution in [0.5, 0.6) is 0 Å². The van der Waals surface area contributed by atoms with Crippen molar-refractivity contribution in [2.24, 2.45) is 0 Å². The van der Waals surface area contributed by atoms with Crippen molar-refractivity contribution in [2.45, 2.75) is 18.7 Å². The number of hydrogen-bond donors (Lipinski definition) is 0. The molecule has 19 heavy (non-hydrogen) atoms. The first kappa shape index (κ1) is 14.5. The Labute approximate surface area is 124 Å². The third-order valence-corrected chi connectivity index (χ3v) is 4.34. The number of hydrogen-bond acceptors (Lipinski definition) is 0. The fourth-order valence-corrected chi connectivity index (χ4v) is 2.75. The van der Waals surface area contributed by atoms with E-state index in [0.29, 0.717) is 0 Å². The van der Waals surface area contributed by atoms with Crippen molar-refractivity contribution >= 4 is 27.5 Å². The molecule has 2 rings (SSSR count). The van der Waals surface area contributed by atoms with Gasteiger partial charge in [0.25, 0.3) is 0 Å². The number of halogens is 4. The summed E-state index contributed by atoms with van der Waals surface area (Å²) in [5.41, 5.74) is 1.89. The summed E-state index contributed by atoms with van der Waals surface area (Å²) in [5, 5.41) is -0.469. The van der Waals surface area contributed by atoms with Crippen molar-refractivity contribution in [3.05, 3.63) is 69.2 Å². The Balaban J connectivity index is 2.31. The van der Waals surface area contributed by atoms with Gasteiger partial charge >= 0.3 is 0 Å². The minimum atomic E-state index is -0.557. The monoisotopic (exact) mass is 344 g/mol. The van der Waals surface area contributed by atoms with E-state index in [1.165, 1.54) is 18.2 Å². The third-order valence-electron chi connectivity index (χ3n) is 3.09. The van der Waals surface area contributed by atoms with Crippen molar-refractivity contribution in [3.8, 4) is 0 Å². The average molecular weight is 346 g/mol. The lowest BCUT2D eigenvalue weighted by Gasteiger charge is -2.14. The van der Waals surface area contributed by atoms with Gasteiger partial charge in [0.05, 0.1) is 5.38 Å². The van der Waals surface area contributed by atoms with E-state index in [1.54, 1.807) is 0 Å². The van der Waals surface area contributed by atoms with Crippen LogP contribution in [0.2, 0.25) is 0 Å². The van der Waals surface area contributed by atoms with Gasteiger partial charge in [0.15, 0.2) is 0 Å². The summed E-state index contributed by atoms with van der Waals surface area (Å²) in [7, 11) is 0. The van der Waals surface area contributed by atoms with Gasteiger partial charge in [0.1, 0.15) is 11.6 Å². The Bertz CT molecular complexity index is 578. The zero-order valence-electron chi connectivity index (χ0n) is 10.3. The highest BCUT2D eigenvalue weighted by Crippen LogP contribution is 2.32. The lowest BCUT2D eigenvalue weighted by atomic mass is 9.99. The van der Waals surface area contributed by atoms with Gasteiger partial charge in [-0.05, 0) is 42.7 Å². The van der Waals surface area contributed by atoms with Gasteiger partial charge in [0.2, 0.25) is 0 Å². The van der Waals surface area contributed by atoms with Gasteiger partial charge in [-0.15, -0.1) is 11.6 Å². The fraction of sp³-hybridized carbons (Fsp3) is 0.200. The Hall–Kier alpha value is -0.930. The molecular weight excluding hydrogens is 334 g/mol. The summed E-state index contributed by atoms with van der Waals surface area (Å²) in [6.45, 7) is 1.92. The highest BCUT2D eigenvalue weighted by molar-refractivity contribution is 9.10. The summed E-state index contributed by atoms with van der Waals surface area (Å²) >= 11 is 9.73. The first-order valence-electron chi connectivity index (χ1n) is 5.82. The Morgan fingerprint density at radius 1 is 1.11 bits per heavy atom. The van der Waals surface area contributed by atoms with Gasteiger partial charge < -0.3 is 0 Å². The molecule has 0 spiro atoms. The first-order valence-corrected chi connectivity index (χ1v) is 7.05. The van der Waals surface area contributed by atoms with Crippen molar-refractivity contribution in [1.82, 2.24) is 0 Å². The second-order valence-electron chi connectivity index (χ2n) is 4.33. The normalized spacial score (nSPS) is 12.5. The molecular formula is C15H12BrClF2. The number of alkyl halides is 1. The van der Waals surface area contributed by atoms with Crippen LogP contribution in [0.1, 0.15) is 22.1 Å². The highest BCUT2D eigenvalue weighted by Gasteiger charge is 2.17. The molecule has 0 aliphatic rings. The first-order chi connectivity index (χ1) is 9.00. The maximum atomic E-state index is 13.6. The van der Waals surface area contributed by atoms with Crippen molar-refractivity contribution < 1.29 is 8.78 Å². The molecule has 0 fully saturated rings. The zero-order valence-corrected chi connectivity index (χ0v) is 12.6. The lowest BCUT2D eigenvalue weighted by molar-refractivity contribution is 0.553. The maximum absolute atomic E-state index is 13.6. The van der Waals surface area contributed by atoms with E-state index in [9.17, 15) is 8.78 Å². The molecule has 0 saturated carbocycles. The summed E-state index contributed by atoms with van der Waals surface area (Å²) < 4.78 is 28.1. The van der Waals surface area contributed by atoms with Crippen molar-refractivity contribution in [1.29, 1.82) is 0 Å². The third kappa shape index (κ3) is 3.15. The van der Waals surface area contributed by atoms with E-state index < -0.39 is 17.0 Å². The van der Waals surface area contributed by atoms with E-state index in [2.05, 4.69) is 15.9 Å². The molecule has 0 amide bonds. The van der Waals surface area contributed by atoms with Gasteiger partial charge in [-0.25, -0.2) is 8.78 Å². The topological polar surface area (TPSA) is 0 Å². The lowest BCUT2D eigenvalue weighted by Crippen LogP contribution is -2.03. The van der Waals surface area contributed by atoms with Crippen LogP contribution in [-0.4, -0.2) is 0 Å². The predicted molar refractivity (Wildman–Crippen MR) is 77.5 cm³/mol. The molecule has 2 aromatic carbocycles. The maximum Gasteiger partial charge on any atom is 0.129 e.